The summed E-state index contributed by atoms with van der Waals surface area (Å²) in [6.07, 6.45) is 0. The van der Waals surface area contributed by atoms with E-state index in [9.17, 15) is 8.78 Å². The van der Waals surface area contributed by atoms with Crippen molar-refractivity contribution in [2.45, 2.75) is 19.4 Å². The molecule has 0 radical (unpaired) electrons. The first kappa shape index (κ1) is 10.4. The van der Waals surface area contributed by atoms with Crippen LogP contribution in [0.1, 0.15) is 19.4 Å². The molecule has 1 aromatic rings. The van der Waals surface area contributed by atoms with Gasteiger partial charge < -0.3 is 5.73 Å². The largest absolute Gasteiger partial charge is 0.322 e. The fourth-order valence-corrected chi connectivity index (χ4v) is 1.23. The SMILES string of the molecule is CC(C)(N)c1cc(Cl)cc(F)c1F. The molecule has 1 rings (SSSR count). The molecule has 0 aliphatic heterocycles. The highest BCUT2D eigenvalue weighted by atomic mass is 35.5. The van der Waals surface area contributed by atoms with E-state index in [2.05, 4.69) is 0 Å². The Hall–Kier alpha value is -0.670. The molecular weight excluding hydrogens is 196 g/mol. The van der Waals surface area contributed by atoms with Crippen molar-refractivity contribution in [1.29, 1.82) is 0 Å². The van der Waals surface area contributed by atoms with E-state index in [1.807, 2.05) is 0 Å². The van der Waals surface area contributed by atoms with E-state index in [4.69, 9.17) is 17.3 Å². The number of benzene rings is 1. The van der Waals surface area contributed by atoms with E-state index in [0.29, 0.717) is 0 Å². The Labute approximate surface area is 80.5 Å². The van der Waals surface area contributed by atoms with Crippen LogP contribution >= 0.6 is 11.6 Å². The quantitative estimate of drug-likeness (QED) is 0.701. The number of nitrogens with two attached hydrogens (primary N) is 1. The second-order valence-electron chi connectivity index (χ2n) is 3.47. The maximum absolute atomic E-state index is 13.2. The van der Waals surface area contributed by atoms with Gasteiger partial charge in [-0.25, -0.2) is 8.78 Å². The zero-order valence-corrected chi connectivity index (χ0v) is 8.12. The molecule has 1 nitrogen and oxygen atoms in total. The van der Waals surface area contributed by atoms with Gasteiger partial charge in [0, 0.05) is 16.1 Å². The van der Waals surface area contributed by atoms with Crippen LogP contribution in [0.2, 0.25) is 5.02 Å². The molecule has 0 unspecified atom stereocenters. The van der Waals surface area contributed by atoms with Gasteiger partial charge in [0.1, 0.15) is 0 Å². The summed E-state index contributed by atoms with van der Waals surface area (Å²) in [7, 11) is 0. The third-order valence-corrected chi connectivity index (χ3v) is 1.91. The van der Waals surface area contributed by atoms with Gasteiger partial charge in [-0.05, 0) is 26.0 Å². The lowest BCUT2D eigenvalue weighted by Crippen LogP contribution is -2.30. The molecule has 0 aliphatic carbocycles. The van der Waals surface area contributed by atoms with Gasteiger partial charge in [0.25, 0.3) is 0 Å². The van der Waals surface area contributed by atoms with Gasteiger partial charge in [-0.3, -0.25) is 0 Å². The molecule has 4 heteroatoms. The van der Waals surface area contributed by atoms with Crippen molar-refractivity contribution in [1.82, 2.24) is 0 Å². The van der Waals surface area contributed by atoms with Crippen LogP contribution in [0.3, 0.4) is 0 Å². The molecule has 0 heterocycles. The Morgan fingerprint density at radius 1 is 1.31 bits per heavy atom. The van der Waals surface area contributed by atoms with Crippen molar-refractivity contribution in [2.24, 2.45) is 5.73 Å². The standard InChI is InChI=1S/C9H10ClF2N/c1-9(2,13)6-3-5(10)4-7(11)8(6)12/h3-4H,13H2,1-2H3. The van der Waals surface area contributed by atoms with Crippen molar-refractivity contribution in [3.8, 4) is 0 Å². The van der Waals surface area contributed by atoms with Gasteiger partial charge in [-0.15, -0.1) is 0 Å². The number of halogens is 3. The van der Waals surface area contributed by atoms with E-state index >= 15 is 0 Å². The van der Waals surface area contributed by atoms with Gasteiger partial charge in [0.05, 0.1) is 0 Å². The smallest absolute Gasteiger partial charge is 0.163 e. The van der Waals surface area contributed by atoms with Crippen LogP contribution in [0, 0.1) is 11.6 Å². The predicted molar refractivity (Wildman–Crippen MR) is 48.6 cm³/mol. The lowest BCUT2D eigenvalue weighted by atomic mass is 9.95. The first-order valence-electron chi connectivity index (χ1n) is 3.76. The van der Waals surface area contributed by atoms with Crippen LogP contribution in [-0.4, -0.2) is 0 Å². The van der Waals surface area contributed by atoms with Crippen LogP contribution < -0.4 is 5.73 Å². The van der Waals surface area contributed by atoms with Crippen molar-refractivity contribution in [3.63, 3.8) is 0 Å². The second-order valence-corrected chi connectivity index (χ2v) is 3.91. The Morgan fingerprint density at radius 3 is 2.31 bits per heavy atom. The van der Waals surface area contributed by atoms with Crippen LogP contribution in [0.25, 0.3) is 0 Å². The molecule has 0 aromatic heterocycles. The summed E-state index contributed by atoms with van der Waals surface area (Å²) in [4.78, 5) is 0. The number of hydrogen-bond acceptors (Lipinski definition) is 1. The van der Waals surface area contributed by atoms with E-state index in [0.717, 1.165) is 6.07 Å². The average molecular weight is 206 g/mol. The number of rotatable bonds is 1. The first-order chi connectivity index (χ1) is 5.82. The van der Waals surface area contributed by atoms with Crippen LogP contribution in [-0.2, 0) is 5.54 Å². The molecule has 0 spiro atoms. The fraction of sp³-hybridized carbons (Fsp3) is 0.333. The van der Waals surface area contributed by atoms with Gasteiger partial charge in [0.15, 0.2) is 11.6 Å². The summed E-state index contributed by atoms with van der Waals surface area (Å²) in [5.41, 5.74) is 4.78. The zero-order valence-electron chi connectivity index (χ0n) is 7.37. The second kappa shape index (κ2) is 3.24. The fourth-order valence-electron chi connectivity index (χ4n) is 1.02. The topological polar surface area (TPSA) is 26.0 Å². The van der Waals surface area contributed by atoms with E-state index in [-0.39, 0.29) is 10.6 Å². The summed E-state index contributed by atoms with van der Waals surface area (Å²) in [5, 5.41) is 0.146. The van der Waals surface area contributed by atoms with E-state index in [1.54, 1.807) is 13.8 Å². The minimum absolute atomic E-state index is 0.0810. The highest BCUT2D eigenvalue weighted by Gasteiger charge is 2.22. The lowest BCUT2D eigenvalue weighted by molar-refractivity contribution is 0.455. The minimum Gasteiger partial charge on any atom is -0.322 e. The van der Waals surface area contributed by atoms with Gasteiger partial charge >= 0.3 is 0 Å². The van der Waals surface area contributed by atoms with Crippen molar-refractivity contribution in [2.75, 3.05) is 0 Å². The molecular formula is C9H10ClF2N. The molecule has 72 valence electrons. The maximum Gasteiger partial charge on any atom is 0.163 e. The normalized spacial score (nSPS) is 11.8. The van der Waals surface area contributed by atoms with Crippen molar-refractivity contribution >= 4 is 11.6 Å². The van der Waals surface area contributed by atoms with Gasteiger partial charge in [-0.2, -0.15) is 0 Å². The van der Waals surface area contributed by atoms with Crippen molar-refractivity contribution in [3.05, 3.63) is 34.4 Å². The Balaban J connectivity index is 3.37. The monoisotopic (exact) mass is 205 g/mol. The third kappa shape index (κ3) is 2.17. The lowest BCUT2D eigenvalue weighted by Gasteiger charge is -2.20. The third-order valence-electron chi connectivity index (χ3n) is 1.69. The van der Waals surface area contributed by atoms with E-state index < -0.39 is 17.2 Å². The molecule has 2 N–H and O–H groups in total. The molecule has 0 saturated heterocycles. The van der Waals surface area contributed by atoms with Gasteiger partial charge in [0.2, 0.25) is 0 Å². The molecule has 0 saturated carbocycles. The summed E-state index contributed by atoms with van der Waals surface area (Å²) in [6, 6.07) is 2.26. The van der Waals surface area contributed by atoms with Crippen LogP contribution in [0.5, 0.6) is 0 Å². The Kier molecular flexibility index (Phi) is 2.59. The Bertz CT molecular complexity index is 331. The summed E-state index contributed by atoms with van der Waals surface area (Å²) < 4.78 is 26.0. The minimum atomic E-state index is -0.971. The number of hydrogen-bond donors (Lipinski definition) is 1. The van der Waals surface area contributed by atoms with Gasteiger partial charge in [-0.1, -0.05) is 11.6 Å². The summed E-state index contributed by atoms with van der Waals surface area (Å²) >= 11 is 5.57. The summed E-state index contributed by atoms with van der Waals surface area (Å²) in [6.45, 7) is 3.17. The highest BCUT2D eigenvalue weighted by molar-refractivity contribution is 6.30. The molecule has 0 fully saturated rings. The van der Waals surface area contributed by atoms with Crippen molar-refractivity contribution < 1.29 is 8.78 Å². The molecule has 0 bridgehead atoms. The molecule has 0 amide bonds. The maximum atomic E-state index is 13.2. The Morgan fingerprint density at radius 2 is 1.85 bits per heavy atom. The van der Waals surface area contributed by atoms with E-state index in [1.165, 1.54) is 6.07 Å². The first-order valence-corrected chi connectivity index (χ1v) is 4.14. The summed E-state index contributed by atoms with van der Waals surface area (Å²) in [5.74, 6) is -1.90. The highest BCUT2D eigenvalue weighted by Crippen LogP contribution is 2.25. The molecule has 0 aliphatic rings. The molecule has 1 aromatic carbocycles. The molecule has 0 atom stereocenters. The molecule has 13 heavy (non-hydrogen) atoms. The average Bonchev–Trinajstić information content (AvgIpc) is 1.94. The zero-order chi connectivity index (χ0) is 10.2. The van der Waals surface area contributed by atoms with Crippen LogP contribution in [0.4, 0.5) is 8.78 Å². The predicted octanol–water partition coefficient (Wildman–Crippen LogP) is 2.81. The van der Waals surface area contributed by atoms with Crippen LogP contribution in [0.15, 0.2) is 12.1 Å².